The molecule has 1 saturated heterocycles. The second kappa shape index (κ2) is 7.83. The molecule has 0 atom stereocenters. The highest BCUT2D eigenvalue weighted by Crippen LogP contribution is 2.18. The maximum Gasteiger partial charge on any atom is 0.146 e. The summed E-state index contributed by atoms with van der Waals surface area (Å²) in [6.45, 7) is 6.43. The van der Waals surface area contributed by atoms with Gasteiger partial charge in [-0.15, -0.1) is 0 Å². The van der Waals surface area contributed by atoms with Gasteiger partial charge in [0.05, 0.1) is 13.2 Å². The number of ether oxygens (including phenoxy) is 2. The summed E-state index contributed by atoms with van der Waals surface area (Å²) in [5.41, 5.74) is 3.87. The molecule has 2 aromatic rings. The summed E-state index contributed by atoms with van der Waals surface area (Å²) in [6.07, 6.45) is 0. The van der Waals surface area contributed by atoms with E-state index in [0.717, 1.165) is 13.2 Å². The topological polar surface area (TPSA) is 18.5 Å². The molecule has 0 spiro atoms. The molecule has 0 saturated carbocycles. The second-order valence-corrected chi connectivity index (χ2v) is 5.20. The molecule has 3 rings (SSSR count). The van der Waals surface area contributed by atoms with Crippen LogP contribution in [-0.4, -0.2) is 20.0 Å². The Bertz CT molecular complexity index is 485. The van der Waals surface area contributed by atoms with Gasteiger partial charge in [0.2, 0.25) is 0 Å². The van der Waals surface area contributed by atoms with Crippen molar-refractivity contribution in [2.75, 3.05) is 20.0 Å². The van der Waals surface area contributed by atoms with Crippen molar-refractivity contribution in [3.8, 4) is 11.1 Å². The Kier molecular flexibility index (Phi) is 5.78. The van der Waals surface area contributed by atoms with Crippen LogP contribution in [0.3, 0.4) is 0 Å². The van der Waals surface area contributed by atoms with Crippen molar-refractivity contribution in [2.45, 2.75) is 13.8 Å². The average Bonchev–Trinajstić information content (AvgIpc) is 2.50. The Balaban J connectivity index is 0.000000178. The van der Waals surface area contributed by atoms with E-state index in [9.17, 15) is 0 Å². The SMILES string of the molecule is CC1COCOC1.Cc1ccc(-c2ccccc2)cc1. The number of hydrogen-bond donors (Lipinski definition) is 0. The molecule has 0 aromatic heterocycles. The minimum absolute atomic E-state index is 0.490. The van der Waals surface area contributed by atoms with Crippen molar-refractivity contribution in [2.24, 2.45) is 5.92 Å². The van der Waals surface area contributed by atoms with Gasteiger partial charge >= 0.3 is 0 Å². The molecule has 1 heterocycles. The highest BCUT2D eigenvalue weighted by molar-refractivity contribution is 5.63. The first-order valence-corrected chi connectivity index (χ1v) is 7.03. The first-order chi connectivity index (χ1) is 9.75. The van der Waals surface area contributed by atoms with Gasteiger partial charge in [-0.05, 0) is 18.1 Å². The molecular formula is C18H22O2. The zero-order chi connectivity index (χ0) is 14.2. The Morgan fingerprint density at radius 1 is 0.800 bits per heavy atom. The molecule has 2 heteroatoms. The fraction of sp³-hybridized carbons (Fsp3) is 0.333. The Morgan fingerprint density at radius 3 is 1.85 bits per heavy atom. The third kappa shape index (κ3) is 4.80. The molecule has 1 aliphatic rings. The van der Waals surface area contributed by atoms with Crippen LogP contribution in [0.5, 0.6) is 0 Å². The molecule has 106 valence electrons. The highest BCUT2D eigenvalue weighted by atomic mass is 16.7. The van der Waals surface area contributed by atoms with Crippen molar-refractivity contribution >= 4 is 0 Å². The largest absolute Gasteiger partial charge is 0.355 e. The lowest BCUT2D eigenvalue weighted by Crippen LogP contribution is -2.20. The van der Waals surface area contributed by atoms with Gasteiger partial charge in [-0.1, -0.05) is 67.1 Å². The lowest BCUT2D eigenvalue weighted by molar-refractivity contribution is -0.121. The van der Waals surface area contributed by atoms with Gasteiger partial charge in [-0.2, -0.15) is 0 Å². The minimum Gasteiger partial charge on any atom is -0.355 e. The van der Waals surface area contributed by atoms with Crippen LogP contribution in [0, 0.1) is 12.8 Å². The summed E-state index contributed by atoms with van der Waals surface area (Å²) < 4.78 is 9.92. The Hall–Kier alpha value is -1.64. The summed E-state index contributed by atoms with van der Waals surface area (Å²) >= 11 is 0. The maximum absolute atomic E-state index is 4.96. The molecule has 2 aromatic carbocycles. The zero-order valence-electron chi connectivity index (χ0n) is 12.2. The highest BCUT2D eigenvalue weighted by Gasteiger charge is 2.06. The van der Waals surface area contributed by atoms with Crippen LogP contribution >= 0.6 is 0 Å². The number of aryl methyl sites for hydroxylation is 1. The van der Waals surface area contributed by atoms with E-state index in [2.05, 4.69) is 62.4 Å². The van der Waals surface area contributed by atoms with Gasteiger partial charge < -0.3 is 9.47 Å². The van der Waals surface area contributed by atoms with E-state index in [1.807, 2.05) is 6.07 Å². The third-order valence-electron chi connectivity index (χ3n) is 3.13. The van der Waals surface area contributed by atoms with Gasteiger partial charge in [0.15, 0.2) is 0 Å². The van der Waals surface area contributed by atoms with Crippen molar-refractivity contribution < 1.29 is 9.47 Å². The van der Waals surface area contributed by atoms with E-state index in [1.165, 1.54) is 16.7 Å². The second-order valence-electron chi connectivity index (χ2n) is 5.20. The lowest BCUT2D eigenvalue weighted by atomic mass is 10.0. The zero-order valence-corrected chi connectivity index (χ0v) is 12.2. The summed E-state index contributed by atoms with van der Waals surface area (Å²) in [5, 5.41) is 0. The van der Waals surface area contributed by atoms with Crippen LogP contribution in [0.15, 0.2) is 54.6 Å². The molecule has 0 bridgehead atoms. The molecule has 0 radical (unpaired) electrons. The maximum atomic E-state index is 4.96. The molecular weight excluding hydrogens is 248 g/mol. The van der Waals surface area contributed by atoms with E-state index in [1.54, 1.807) is 0 Å². The van der Waals surface area contributed by atoms with Crippen LogP contribution in [0.25, 0.3) is 11.1 Å². The number of hydrogen-bond acceptors (Lipinski definition) is 2. The Morgan fingerprint density at radius 2 is 1.35 bits per heavy atom. The predicted octanol–water partition coefficient (Wildman–Crippen LogP) is 4.29. The molecule has 2 nitrogen and oxygen atoms in total. The average molecular weight is 270 g/mol. The quantitative estimate of drug-likeness (QED) is 0.769. The molecule has 0 aliphatic carbocycles. The molecule has 0 amide bonds. The van der Waals surface area contributed by atoms with Crippen LogP contribution in [-0.2, 0) is 9.47 Å². The number of rotatable bonds is 1. The van der Waals surface area contributed by atoms with Gasteiger partial charge in [-0.25, -0.2) is 0 Å². The molecule has 0 N–H and O–H groups in total. The third-order valence-corrected chi connectivity index (χ3v) is 3.13. The van der Waals surface area contributed by atoms with E-state index < -0.39 is 0 Å². The van der Waals surface area contributed by atoms with Gasteiger partial charge in [0, 0.05) is 5.92 Å². The van der Waals surface area contributed by atoms with E-state index in [4.69, 9.17) is 9.47 Å². The first-order valence-electron chi connectivity index (χ1n) is 7.03. The summed E-state index contributed by atoms with van der Waals surface area (Å²) in [7, 11) is 0. The monoisotopic (exact) mass is 270 g/mol. The van der Waals surface area contributed by atoms with E-state index >= 15 is 0 Å². The van der Waals surface area contributed by atoms with Gasteiger partial charge in [-0.3, -0.25) is 0 Å². The standard InChI is InChI=1S/C13H12.C5H10O2/c1-11-7-9-13(10-8-11)12-5-3-2-4-6-12;1-5-2-6-4-7-3-5/h2-10H,1H3;5H,2-4H2,1H3. The fourth-order valence-corrected chi connectivity index (χ4v) is 1.98. The van der Waals surface area contributed by atoms with Crippen LogP contribution in [0.1, 0.15) is 12.5 Å². The first kappa shape index (κ1) is 14.8. The molecule has 1 aliphatic heterocycles. The number of benzene rings is 2. The van der Waals surface area contributed by atoms with Crippen LogP contribution in [0.4, 0.5) is 0 Å². The normalized spacial score (nSPS) is 15.3. The summed E-state index contributed by atoms with van der Waals surface area (Å²) in [5.74, 6) is 0.591. The van der Waals surface area contributed by atoms with Crippen LogP contribution < -0.4 is 0 Å². The summed E-state index contributed by atoms with van der Waals surface area (Å²) in [4.78, 5) is 0. The summed E-state index contributed by atoms with van der Waals surface area (Å²) in [6, 6.07) is 19.0. The minimum atomic E-state index is 0.490. The fourth-order valence-electron chi connectivity index (χ4n) is 1.98. The van der Waals surface area contributed by atoms with Gasteiger partial charge in [0.25, 0.3) is 0 Å². The van der Waals surface area contributed by atoms with E-state index in [-0.39, 0.29) is 0 Å². The lowest BCUT2D eigenvalue weighted by Gasteiger charge is -2.17. The Labute approximate surface area is 121 Å². The van der Waals surface area contributed by atoms with Crippen LogP contribution in [0.2, 0.25) is 0 Å². The van der Waals surface area contributed by atoms with Gasteiger partial charge in [0.1, 0.15) is 6.79 Å². The van der Waals surface area contributed by atoms with E-state index in [0.29, 0.717) is 12.7 Å². The molecule has 0 unspecified atom stereocenters. The van der Waals surface area contributed by atoms with Crippen molar-refractivity contribution in [1.82, 2.24) is 0 Å². The predicted molar refractivity (Wildman–Crippen MR) is 82.6 cm³/mol. The van der Waals surface area contributed by atoms with Crippen molar-refractivity contribution in [3.63, 3.8) is 0 Å². The van der Waals surface area contributed by atoms with Crippen molar-refractivity contribution in [3.05, 3.63) is 60.2 Å². The smallest absolute Gasteiger partial charge is 0.146 e. The van der Waals surface area contributed by atoms with Crippen molar-refractivity contribution in [1.29, 1.82) is 0 Å². The molecule has 20 heavy (non-hydrogen) atoms. The molecule has 1 fully saturated rings.